The first-order valence-corrected chi connectivity index (χ1v) is 19.4. The minimum atomic E-state index is 1.02. The van der Waals surface area contributed by atoms with Gasteiger partial charge in [0.2, 0.25) is 0 Å². The van der Waals surface area contributed by atoms with Crippen LogP contribution in [0.1, 0.15) is 0 Å². The Bertz CT molecular complexity index is 2370. The molecule has 0 spiro atoms. The Morgan fingerprint density at radius 3 is 0.596 bits per heavy atom. The summed E-state index contributed by atoms with van der Waals surface area (Å²) in [4.78, 5) is 7.06. The molecule has 0 amide bonds. The van der Waals surface area contributed by atoms with E-state index in [1.54, 1.807) is 0 Å². The minimum absolute atomic E-state index is 1.02. The molecule has 3 nitrogen and oxygen atoms in total. The molecule has 9 rings (SSSR count). The van der Waals surface area contributed by atoms with E-state index in [2.05, 4.69) is 263 Å². The van der Waals surface area contributed by atoms with Crippen molar-refractivity contribution in [3.63, 3.8) is 0 Å². The molecule has 0 saturated heterocycles. The van der Waals surface area contributed by atoms with Gasteiger partial charge in [-0.25, -0.2) is 0 Å². The molecule has 0 fully saturated rings. The third-order valence-electron chi connectivity index (χ3n) is 10.2. The smallest absolute Gasteiger partial charge is 0.0503 e. The summed E-state index contributed by atoms with van der Waals surface area (Å²) < 4.78 is 0. The van der Waals surface area contributed by atoms with Crippen molar-refractivity contribution in [2.45, 2.75) is 0 Å². The average molecular weight is 732 g/mol. The van der Waals surface area contributed by atoms with Gasteiger partial charge in [-0.2, -0.15) is 0 Å². The van der Waals surface area contributed by atoms with Gasteiger partial charge in [0.05, 0.1) is 17.1 Å². The van der Waals surface area contributed by atoms with E-state index < -0.39 is 0 Å². The van der Waals surface area contributed by atoms with Crippen LogP contribution in [0.15, 0.2) is 249 Å². The number of hydrogen-bond acceptors (Lipinski definition) is 3. The number of nitrogens with zero attached hydrogens (tertiary/aromatic N) is 3. The maximum Gasteiger partial charge on any atom is 0.0503 e. The largest absolute Gasteiger partial charge is 0.310 e. The summed E-state index contributed by atoms with van der Waals surface area (Å²) in [7, 11) is 0. The second-order valence-electron chi connectivity index (χ2n) is 13.9. The van der Waals surface area contributed by atoms with Crippen LogP contribution in [0.5, 0.6) is 0 Å². The number of anilines is 9. The van der Waals surface area contributed by atoms with Gasteiger partial charge < -0.3 is 14.7 Å². The number of rotatable bonds is 11. The molecule has 9 aromatic rings. The molecule has 0 aliphatic rings. The van der Waals surface area contributed by atoms with Crippen molar-refractivity contribution in [3.05, 3.63) is 249 Å². The van der Waals surface area contributed by atoms with Crippen molar-refractivity contribution >= 4 is 51.2 Å². The predicted molar refractivity (Wildman–Crippen MR) is 241 cm³/mol. The van der Waals surface area contributed by atoms with Crippen LogP contribution >= 0.6 is 0 Å². The third-order valence-corrected chi connectivity index (χ3v) is 10.2. The highest BCUT2D eigenvalue weighted by atomic mass is 15.2. The lowest BCUT2D eigenvalue weighted by Gasteiger charge is -2.33. The summed E-state index contributed by atoms with van der Waals surface area (Å²) in [5.74, 6) is 0. The molecule has 0 atom stereocenters. The first-order chi connectivity index (χ1) is 28.3. The molecule has 0 aromatic heterocycles. The topological polar surface area (TPSA) is 9.72 Å². The van der Waals surface area contributed by atoms with Crippen molar-refractivity contribution < 1.29 is 0 Å². The fourth-order valence-corrected chi connectivity index (χ4v) is 7.48. The Labute approximate surface area is 335 Å². The zero-order valence-corrected chi connectivity index (χ0v) is 31.5. The van der Waals surface area contributed by atoms with Gasteiger partial charge in [0.1, 0.15) is 0 Å². The van der Waals surface area contributed by atoms with Gasteiger partial charge in [0.15, 0.2) is 0 Å². The summed E-state index contributed by atoms with van der Waals surface area (Å²) in [5, 5.41) is 0. The van der Waals surface area contributed by atoms with Crippen molar-refractivity contribution in [1.82, 2.24) is 0 Å². The Morgan fingerprint density at radius 2 is 0.351 bits per heavy atom. The van der Waals surface area contributed by atoms with Gasteiger partial charge in [0, 0.05) is 34.1 Å². The lowest BCUT2D eigenvalue weighted by molar-refractivity contribution is 1.22. The molecule has 0 heterocycles. The van der Waals surface area contributed by atoms with Crippen LogP contribution in [0.25, 0.3) is 22.3 Å². The Morgan fingerprint density at radius 1 is 0.158 bits per heavy atom. The second kappa shape index (κ2) is 16.4. The number of hydrogen-bond donors (Lipinski definition) is 0. The predicted octanol–water partition coefficient (Wildman–Crippen LogP) is 15.4. The lowest BCUT2D eigenvalue weighted by Crippen LogP contribution is -2.16. The second-order valence-corrected chi connectivity index (χ2v) is 13.9. The average Bonchev–Trinajstić information content (AvgIpc) is 3.29. The Hall–Kier alpha value is -7.62. The van der Waals surface area contributed by atoms with Crippen LogP contribution in [0.4, 0.5) is 51.2 Å². The molecule has 57 heavy (non-hydrogen) atoms. The van der Waals surface area contributed by atoms with Crippen molar-refractivity contribution in [2.75, 3.05) is 14.7 Å². The van der Waals surface area contributed by atoms with Crippen LogP contribution in [-0.4, -0.2) is 0 Å². The van der Waals surface area contributed by atoms with E-state index in [9.17, 15) is 0 Å². The molecule has 9 aromatic carbocycles. The van der Waals surface area contributed by atoms with E-state index in [0.29, 0.717) is 0 Å². The summed E-state index contributed by atoms with van der Waals surface area (Å²) >= 11 is 0. The molecule has 0 radical (unpaired) electrons. The van der Waals surface area contributed by atoms with Gasteiger partial charge in [-0.05, 0) is 113 Å². The van der Waals surface area contributed by atoms with Crippen LogP contribution in [0.3, 0.4) is 0 Å². The normalized spacial score (nSPS) is 10.8. The first-order valence-electron chi connectivity index (χ1n) is 19.4. The molecule has 0 N–H and O–H groups in total. The molecule has 0 saturated carbocycles. The summed E-state index contributed by atoms with van der Waals surface area (Å²) in [6.07, 6.45) is 0. The van der Waals surface area contributed by atoms with Gasteiger partial charge in [0.25, 0.3) is 0 Å². The van der Waals surface area contributed by atoms with Crippen LogP contribution in [-0.2, 0) is 0 Å². The lowest BCUT2D eigenvalue weighted by atomic mass is 10.0. The van der Waals surface area contributed by atoms with E-state index in [4.69, 9.17) is 0 Å². The standard InChI is InChI=1S/C54H41N3/c1-7-19-42(20-8-1)44-31-35-50(36-32-44)57(51-37-33-45(34-38-51)43-21-9-2-10-22-43)54-40-52(55(46-23-11-3-12-24-46)47-25-13-4-14-26-47)39-53(41-54)56(48-27-15-5-16-28-48)49-29-17-6-18-30-49/h1-41H. The van der Waals surface area contributed by atoms with Crippen molar-refractivity contribution in [3.8, 4) is 22.3 Å². The summed E-state index contributed by atoms with van der Waals surface area (Å²) in [6.45, 7) is 0. The number of para-hydroxylation sites is 4. The van der Waals surface area contributed by atoms with Gasteiger partial charge >= 0.3 is 0 Å². The molecule has 3 heteroatoms. The molecule has 0 aliphatic carbocycles. The SMILES string of the molecule is c1ccc(-c2ccc(N(c3ccc(-c4ccccc4)cc3)c3cc(N(c4ccccc4)c4ccccc4)cc(N(c4ccccc4)c4ccccc4)c3)cc2)cc1. The molecular weight excluding hydrogens is 691 g/mol. The highest BCUT2D eigenvalue weighted by molar-refractivity contribution is 5.90. The maximum atomic E-state index is 2.37. The fourth-order valence-electron chi connectivity index (χ4n) is 7.48. The highest BCUT2D eigenvalue weighted by Crippen LogP contribution is 2.46. The monoisotopic (exact) mass is 731 g/mol. The van der Waals surface area contributed by atoms with E-state index >= 15 is 0 Å². The van der Waals surface area contributed by atoms with Gasteiger partial charge in [-0.3, -0.25) is 0 Å². The summed E-state index contributed by atoms with van der Waals surface area (Å²) in [6, 6.07) is 88.4. The first kappa shape index (κ1) is 35.1. The van der Waals surface area contributed by atoms with E-state index in [0.717, 1.165) is 51.2 Å². The van der Waals surface area contributed by atoms with Gasteiger partial charge in [-0.1, -0.05) is 158 Å². The number of benzene rings is 9. The van der Waals surface area contributed by atoms with Crippen molar-refractivity contribution in [1.29, 1.82) is 0 Å². The molecule has 0 bridgehead atoms. The zero-order valence-electron chi connectivity index (χ0n) is 31.5. The Kier molecular flexibility index (Phi) is 10.1. The minimum Gasteiger partial charge on any atom is -0.310 e. The molecule has 0 unspecified atom stereocenters. The van der Waals surface area contributed by atoms with Gasteiger partial charge in [-0.15, -0.1) is 0 Å². The van der Waals surface area contributed by atoms with Crippen molar-refractivity contribution in [2.24, 2.45) is 0 Å². The molecule has 272 valence electrons. The highest BCUT2D eigenvalue weighted by Gasteiger charge is 2.22. The van der Waals surface area contributed by atoms with E-state index in [-0.39, 0.29) is 0 Å². The zero-order chi connectivity index (χ0) is 38.2. The molecular formula is C54H41N3. The fraction of sp³-hybridized carbons (Fsp3) is 0. The summed E-state index contributed by atoms with van der Waals surface area (Å²) in [5.41, 5.74) is 14.2. The third kappa shape index (κ3) is 7.68. The van der Waals surface area contributed by atoms with Crippen LogP contribution in [0, 0.1) is 0 Å². The maximum absolute atomic E-state index is 2.37. The van der Waals surface area contributed by atoms with Crippen LogP contribution < -0.4 is 14.7 Å². The van der Waals surface area contributed by atoms with E-state index in [1.165, 1.54) is 22.3 Å². The molecule has 0 aliphatic heterocycles. The Balaban J connectivity index is 1.29. The van der Waals surface area contributed by atoms with E-state index in [1.807, 2.05) is 0 Å². The quantitative estimate of drug-likeness (QED) is 0.131. The van der Waals surface area contributed by atoms with Crippen LogP contribution in [0.2, 0.25) is 0 Å².